The van der Waals surface area contributed by atoms with Crippen molar-refractivity contribution in [3.05, 3.63) is 35.4 Å². The molecule has 1 aromatic rings. The monoisotopic (exact) mass is 502 g/mol. The van der Waals surface area contributed by atoms with Crippen molar-refractivity contribution in [3.8, 4) is 0 Å². The number of hydrogen-bond acceptors (Lipinski definition) is 3. The van der Waals surface area contributed by atoms with Crippen molar-refractivity contribution < 1.29 is 27.4 Å². The smallest absolute Gasteiger partial charge is 0.327 e. The van der Waals surface area contributed by atoms with E-state index in [2.05, 4.69) is 27.7 Å². The van der Waals surface area contributed by atoms with Crippen molar-refractivity contribution in [2.45, 2.75) is 123 Å². The number of rotatable bonds is 21. The minimum atomic E-state index is -4.30. The summed E-state index contributed by atoms with van der Waals surface area (Å²) in [7, 11) is 0. The maximum Gasteiger partial charge on any atom is 0.416 e. The lowest BCUT2D eigenvalue weighted by molar-refractivity contribution is -0.406. The molecule has 0 aliphatic heterocycles. The summed E-state index contributed by atoms with van der Waals surface area (Å²) in [6.45, 7) is 10.2. The summed E-state index contributed by atoms with van der Waals surface area (Å²) in [5, 5.41) is 0. The number of unbranched alkanes of at least 4 members (excludes halogenated alkanes) is 5. The zero-order chi connectivity index (χ0) is 26.0. The average Bonchev–Trinajstić information content (AvgIpc) is 2.84. The lowest BCUT2D eigenvalue weighted by atomic mass is 9.91. The molecule has 0 aromatic heterocycles. The topological polar surface area (TPSA) is 27.7 Å². The van der Waals surface area contributed by atoms with E-state index in [0.717, 1.165) is 56.9 Å². The van der Waals surface area contributed by atoms with Gasteiger partial charge in [-0.05, 0) is 62.6 Å². The van der Waals surface area contributed by atoms with E-state index in [-0.39, 0.29) is 5.92 Å². The van der Waals surface area contributed by atoms with Crippen LogP contribution in [-0.2, 0) is 26.8 Å². The summed E-state index contributed by atoms with van der Waals surface area (Å²) in [5.41, 5.74) is 0.315. The molecule has 0 fully saturated rings. The van der Waals surface area contributed by atoms with Crippen molar-refractivity contribution in [2.75, 3.05) is 19.8 Å². The highest BCUT2D eigenvalue weighted by molar-refractivity contribution is 5.24. The first-order valence-electron chi connectivity index (χ1n) is 13.9. The predicted octanol–water partition coefficient (Wildman–Crippen LogP) is 9.33. The summed E-state index contributed by atoms with van der Waals surface area (Å²) in [6, 6.07) is 5.53. The van der Waals surface area contributed by atoms with Crippen LogP contribution in [0.3, 0.4) is 0 Å². The third-order valence-corrected chi connectivity index (χ3v) is 6.23. The Morgan fingerprint density at radius 2 is 1.11 bits per heavy atom. The Bertz CT molecular complexity index is 609. The lowest BCUT2D eigenvalue weighted by Crippen LogP contribution is -2.47. The molecule has 0 N–H and O–H groups in total. The molecule has 1 rings (SSSR count). The first-order valence-corrected chi connectivity index (χ1v) is 13.9. The van der Waals surface area contributed by atoms with Crippen LogP contribution in [0.5, 0.6) is 0 Å². The first-order chi connectivity index (χ1) is 16.8. The van der Waals surface area contributed by atoms with E-state index < -0.39 is 17.7 Å². The second-order valence-corrected chi connectivity index (χ2v) is 9.49. The van der Waals surface area contributed by atoms with E-state index in [1.807, 2.05) is 0 Å². The molecule has 0 radical (unpaired) electrons. The summed E-state index contributed by atoms with van der Waals surface area (Å²) < 4.78 is 57.6. The minimum absolute atomic E-state index is 0.0766. The Balaban J connectivity index is 2.93. The number of halogens is 3. The number of alkyl halides is 3. The van der Waals surface area contributed by atoms with Gasteiger partial charge in [0.1, 0.15) is 0 Å². The standard InChI is InChI=1S/C29H49F3O3/c1-5-9-10-11-12-13-16-27(29(33-22-6-2,34-23-7-3)35-24-8-4)17-14-15-25-18-20-26(21-19-25)28(30,31)32/h18-21,27H,5-17,22-24H2,1-4H3. The van der Waals surface area contributed by atoms with Gasteiger partial charge >= 0.3 is 6.18 Å². The van der Waals surface area contributed by atoms with Gasteiger partial charge in [0.05, 0.1) is 25.4 Å². The normalized spacial score (nSPS) is 13.3. The SMILES string of the molecule is CCCCCCCCC(CCCc1ccc(C(F)(F)F)cc1)C(OCCC)(OCCC)OCCC. The highest BCUT2D eigenvalue weighted by Gasteiger charge is 2.42. The molecular weight excluding hydrogens is 453 g/mol. The van der Waals surface area contributed by atoms with E-state index in [1.54, 1.807) is 12.1 Å². The minimum Gasteiger partial charge on any atom is -0.327 e. The van der Waals surface area contributed by atoms with Gasteiger partial charge < -0.3 is 14.2 Å². The Kier molecular flexibility index (Phi) is 16.6. The summed E-state index contributed by atoms with van der Waals surface area (Å²) in [5.74, 6) is -0.973. The van der Waals surface area contributed by atoms with Crippen molar-refractivity contribution in [1.82, 2.24) is 0 Å². The summed E-state index contributed by atoms with van der Waals surface area (Å²) >= 11 is 0. The molecule has 35 heavy (non-hydrogen) atoms. The number of aryl methyl sites for hydroxylation is 1. The van der Waals surface area contributed by atoms with Crippen LogP contribution in [0, 0.1) is 5.92 Å². The molecule has 1 unspecified atom stereocenters. The van der Waals surface area contributed by atoms with E-state index in [0.29, 0.717) is 19.8 Å². The molecule has 6 heteroatoms. The Hall–Kier alpha value is -1.11. The van der Waals surface area contributed by atoms with Crippen molar-refractivity contribution in [2.24, 2.45) is 5.92 Å². The second-order valence-electron chi connectivity index (χ2n) is 9.49. The van der Waals surface area contributed by atoms with Gasteiger partial charge in [-0.3, -0.25) is 0 Å². The van der Waals surface area contributed by atoms with E-state index >= 15 is 0 Å². The van der Waals surface area contributed by atoms with Crippen LogP contribution in [-0.4, -0.2) is 25.8 Å². The predicted molar refractivity (Wildman–Crippen MR) is 137 cm³/mol. The zero-order valence-corrected chi connectivity index (χ0v) is 22.6. The molecule has 0 amide bonds. The first kappa shape index (κ1) is 31.9. The molecule has 1 atom stereocenters. The van der Waals surface area contributed by atoms with Crippen LogP contribution in [0.2, 0.25) is 0 Å². The van der Waals surface area contributed by atoms with Gasteiger partial charge in [0.25, 0.3) is 5.97 Å². The van der Waals surface area contributed by atoms with Gasteiger partial charge in [0, 0.05) is 5.92 Å². The molecular formula is C29H49F3O3. The van der Waals surface area contributed by atoms with Crippen LogP contribution in [0.1, 0.15) is 116 Å². The van der Waals surface area contributed by atoms with E-state index in [1.165, 1.54) is 44.2 Å². The van der Waals surface area contributed by atoms with Gasteiger partial charge in [0.2, 0.25) is 0 Å². The molecule has 1 aromatic carbocycles. The van der Waals surface area contributed by atoms with Crippen molar-refractivity contribution in [3.63, 3.8) is 0 Å². The maximum absolute atomic E-state index is 12.9. The maximum atomic E-state index is 12.9. The number of benzene rings is 1. The van der Waals surface area contributed by atoms with Crippen molar-refractivity contribution in [1.29, 1.82) is 0 Å². The van der Waals surface area contributed by atoms with E-state index in [4.69, 9.17) is 14.2 Å². The average molecular weight is 503 g/mol. The molecule has 204 valence electrons. The van der Waals surface area contributed by atoms with Gasteiger partial charge in [-0.15, -0.1) is 0 Å². The quantitative estimate of drug-likeness (QED) is 0.124. The lowest BCUT2D eigenvalue weighted by Gasteiger charge is -2.40. The molecule has 0 saturated carbocycles. The fourth-order valence-corrected chi connectivity index (χ4v) is 4.29. The summed E-state index contributed by atoms with van der Waals surface area (Å²) in [4.78, 5) is 0. The van der Waals surface area contributed by atoms with Crippen LogP contribution in [0.15, 0.2) is 24.3 Å². The molecule has 0 saturated heterocycles. The number of ether oxygens (including phenoxy) is 3. The largest absolute Gasteiger partial charge is 0.416 e. The van der Waals surface area contributed by atoms with Crippen LogP contribution >= 0.6 is 0 Å². The molecule has 0 aliphatic rings. The van der Waals surface area contributed by atoms with Gasteiger partial charge in [-0.2, -0.15) is 13.2 Å². The van der Waals surface area contributed by atoms with Gasteiger partial charge in [0.15, 0.2) is 0 Å². The van der Waals surface area contributed by atoms with E-state index in [9.17, 15) is 13.2 Å². The second kappa shape index (κ2) is 18.2. The zero-order valence-electron chi connectivity index (χ0n) is 22.6. The Morgan fingerprint density at radius 3 is 1.60 bits per heavy atom. The third kappa shape index (κ3) is 12.6. The molecule has 0 aliphatic carbocycles. The van der Waals surface area contributed by atoms with Crippen LogP contribution < -0.4 is 0 Å². The Morgan fingerprint density at radius 1 is 0.629 bits per heavy atom. The third-order valence-electron chi connectivity index (χ3n) is 6.23. The fraction of sp³-hybridized carbons (Fsp3) is 0.793. The summed E-state index contributed by atoms with van der Waals surface area (Å²) in [6.07, 6.45) is 8.98. The molecule has 3 nitrogen and oxygen atoms in total. The molecule has 0 bridgehead atoms. The number of hydrogen-bond donors (Lipinski definition) is 0. The molecule has 0 heterocycles. The highest BCUT2D eigenvalue weighted by Crippen LogP contribution is 2.35. The van der Waals surface area contributed by atoms with Gasteiger partial charge in [-0.25, -0.2) is 0 Å². The van der Waals surface area contributed by atoms with Gasteiger partial charge in [-0.1, -0.05) is 78.4 Å². The van der Waals surface area contributed by atoms with Crippen molar-refractivity contribution >= 4 is 0 Å². The highest BCUT2D eigenvalue weighted by atomic mass is 19.4. The fourth-order valence-electron chi connectivity index (χ4n) is 4.29. The molecule has 0 spiro atoms. The van der Waals surface area contributed by atoms with Crippen LogP contribution in [0.25, 0.3) is 0 Å². The Labute approximate surface area is 212 Å². The van der Waals surface area contributed by atoms with Crippen LogP contribution in [0.4, 0.5) is 13.2 Å².